The lowest BCUT2D eigenvalue weighted by atomic mass is 10.3. The van der Waals surface area contributed by atoms with Crippen LogP contribution in [0.4, 0.5) is 0 Å². The SMILES string of the molecule is [N-]=[N+]=NCCCSc1nc2ccccc2s1. The van der Waals surface area contributed by atoms with Crippen molar-refractivity contribution >= 4 is 33.3 Å². The van der Waals surface area contributed by atoms with Crippen molar-refractivity contribution in [3.8, 4) is 0 Å². The molecule has 2 aromatic rings. The molecule has 16 heavy (non-hydrogen) atoms. The second-order valence-electron chi connectivity index (χ2n) is 3.10. The summed E-state index contributed by atoms with van der Waals surface area (Å²) in [7, 11) is 0. The summed E-state index contributed by atoms with van der Waals surface area (Å²) < 4.78 is 2.31. The minimum Gasteiger partial charge on any atom is -0.230 e. The van der Waals surface area contributed by atoms with Crippen molar-refractivity contribution in [2.45, 2.75) is 10.8 Å². The van der Waals surface area contributed by atoms with E-state index in [1.54, 1.807) is 23.1 Å². The van der Waals surface area contributed by atoms with Crippen LogP contribution in [0.5, 0.6) is 0 Å². The van der Waals surface area contributed by atoms with E-state index in [-0.39, 0.29) is 0 Å². The molecule has 4 nitrogen and oxygen atoms in total. The highest BCUT2D eigenvalue weighted by molar-refractivity contribution is 8.01. The molecule has 82 valence electrons. The van der Waals surface area contributed by atoms with Crippen molar-refractivity contribution in [1.82, 2.24) is 4.98 Å². The zero-order valence-corrected chi connectivity index (χ0v) is 10.2. The lowest BCUT2D eigenvalue weighted by Gasteiger charge is -1.92. The Kier molecular flexibility index (Phi) is 4.04. The largest absolute Gasteiger partial charge is 0.230 e. The highest BCUT2D eigenvalue weighted by Gasteiger charge is 2.02. The van der Waals surface area contributed by atoms with E-state index in [9.17, 15) is 0 Å². The maximum atomic E-state index is 8.12. The molecule has 0 fully saturated rings. The number of hydrogen-bond acceptors (Lipinski definition) is 4. The number of nitrogens with zero attached hydrogens (tertiary/aromatic N) is 4. The molecule has 0 aliphatic heterocycles. The van der Waals surface area contributed by atoms with E-state index in [0.29, 0.717) is 6.54 Å². The second-order valence-corrected chi connectivity index (χ2v) is 5.48. The van der Waals surface area contributed by atoms with Gasteiger partial charge in [-0.3, -0.25) is 0 Å². The van der Waals surface area contributed by atoms with Crippen LogP contribution in [0.15, 0.2) is 33.7 Å². The predicted molar refractivity (Wildman–Crippen MR) is 69.0 cm³/mol. The molecule has 0 amide bonds. The fourth-order valence-electron chi connectivity index (χ4n) is 1.25. The van der Waals surface area contributed by atoms with Gasteiger partial charge in [-0.05, 0) is 24.1 Å². The summed E-state index contributed by atoms with van der Waals surface area (Å²) in [5, 5.41) is 3.50. The Morgan fingerprint density at radius 2 is 2.31 bits per heavy atom. The van der Waals surface area contributed by atoms with Crippen LogP contribution in [0.3, 0.4) is 0 Å². The standard InChI is InChI=1S/C10H10N4S2/c11-14-12-6-3-7-15-10-13-8-4-1-2-5-9(8)16-10/h1-2,4-5H,3,6-7H2. The highest BCUT2D eigenvalue weighted by atomic mass is 32.2. The molecule has 2 rings (SSSR count). The maximum Gasteiger partial charge on any atom is 0.151 e. The van der Waals surface area contributed by atoms with Gasteiger partial charge in [0.1, 0.15) is 0 Å². The van der Waals surface area contributed by atoms with Gasteiger partial charge in [0.05, 0.1) is 10.2 Å². The first kappa shape index (κ1) is 11.3. The van der Waals surface area contributed by atoms with E-state index in [4.69, 9.17) is 5.53 Å². The molecule has 0 bridgehead atoms. The molecule has 0 atom stereocenters. The first-order valence-corrected chi connectivity index (χ1v) is 6.69. The number of thioether (sulfide) groups is 1. The Morgan fingerprint density at radius 3 is 3.12 bits per heavy atom. The van der Waals surface area contributed by atoms with Crippen molar-refractivity contribution in [2.75, 3.05) is 12.3 Å². The minimum atomic E-state index is 0.564. The summed E-state index contributed by atoms with van der Waals surface area (Å²) in [5.41, 5.74) is 9.18. The van der Waals surface area contributed by atoms with Crippen molar-refractivity contribution < 1.29 is 0 Å². The number of aromatic nitrogens is 1. The van der Waals surface area contributed by atoms with Crippen LogP contribution in [-0.4, -0.2) is 17.3 Å². The number of para-hydroxylation sites is 1. The van der Waals surface area contributed by atoms with Gasteiger partial charge in [-0.1, -0.05) is 29.0 Å². The molecule has 0 spiro atoms. The average molecular weight is 250 g/mol. The molecule has 0 saturated heterocycles. The van der Waals surface area contributed by atoms with Crippen molar-refractivity contribution in [3.05, 3.63) is 34.7 Å². The van der Waals surface area contributed by atoms with Gasteiger partial charge in [0.25, 0.3) is 0 Å². The van der Waals surface area contributed by atoms with Gasteiger partial charge in [0, 0.05) is 17.2 Å². The first-order valence-electron chi connectivity index (χ1n) is 4.89. The lowest BCUT2D eigenvalue weighted by Crippen LogP contribution is -1.82. The molecule has 0 aliphatic carbocycles. The summed E-state index contributed by atoms with van der Waals surface area (Å²) in [6.45, 7) is 0.564. The molecule has 0 N–H and O–H groups in total. The van der Waals surface area contributed by atoms with Gasteiger partial charge in [-0.2, -0.15) is 0 Å². The molecule has 1 aromatic carbocycles. The molecule has 0 unspecified atom stereocenters. The molecular formula is C10H10N4S2. The second kappa shape index (κ2) is 5.75. The van der Waals surface area contributed by atoms with Gasteiger partial charge in [0.2, 0.25) is 0 Å². The number of thiazole rings is 1. The monoisotopic (exact) mass is 250 g/mol. The smallest absolute Gasteiger partial charge is 0.151 e. The van der Waals surface area contributed by atoms with Crippen molar-refractivity contribution in [3.63, 3.8) is 0 Å². The van der Waals surface area contributed by atoms with Gasteiger partial charge in [-0.15, -0.1) is 11.3 Å². The number of fused-ring (bicyclic) bond motifs is 1. The molecule has 1 heterocycles. The van der Waals surface area contributed by atoms with E-state index in [2.05, 4.69) is 21.1 Å². The summed E-state index contributed by atoms with van der Waals surface area (Å²) in [5.74, 6) is 0.943. The third-order valence-electron chi connectivity index (χ3n) is 1.97. The number of azide groups is 1. The molecule has 1 aromatic heterocycles. The Labute approximate surface area is 101 Å². The molecule has 6 heteroatoms. The molecule has 0 aliphatic rings. The van der Waals surface area contributed by atoms with Crippen molar-refractivity contribution in [1.29, 1.82) is 0 Å². The summed E-state index contributed by atoms with van der Waals surface area (Å²) in [6, 6.07) is 8.13. The highest BCUT2D eigenvalue weighted by Crippen LogP contribution is 2.29. The zero-order valence-electron chi connectivity index (χ0n) is 8.54. The summed E-state index contributed by atoms with van der Waals surface area (Å²) in [6.07, 6.45) is 0.894. The molecular weight excluding hydrogens is 240 g/mol. The third kappa shape index (κ3) is 2.88. The maximum absolute atomic E-state index is 8.12. The first-order chi connectivity index (χ1) is 7.90. The Hall–Kier alpha value is -1.23. The van der Waals surface area contributed by atoms with Gasteiger partial charge in [0.15, 0.2) is 4.34 Å². The Bertz CT molecular complexity index is 483. The zero-order chi connectivity index (χ0) is 11.2. The van der Waals surface area contributed by atoms with Crippen LogP contribution in [0.1, 0.15) is 6.42 Å². The van der Waals surface area contributed by atoms with E-state index in [0.717, 1.165) is 22.0 Å². The number of benzene rings is 1. The fraction of sp³-hybridized carbons (Fsp3) is 0.300. The third-order valence-corrected chi connectivity index (χ3v) is 4.23. The predicted octanol–water partition coefficient (Wildman–Crippen LogP) is 4.09. The summed E-state index contributed by atoms with van der Waals surface area (Å²) in [4.78, 5) is 7.23. The van der Waals surface area contributed by atoms with E-state index in [1.165, 1.54) is 4.70 Å². The van der Waals surface area contributed by atoms with Crippen LogP contribution < -0.4 is 0 Å². The topological polar surface area (TPSA) is 61.7 Å². The number of rotatable bonds is 5. The van der Waals surface area contributed by atoms with Crippen LogP contribution in [0.25, 0.3) is 20.7 Å². The number of hydrogen-bond donors (Lipinski definition) is 0. The quantitative estimate of drug-likeness (QED) is 0.264. The Balaban J connectivity index is 1.92. The van der Waals surface area contributed by atoms with Crippen LogP contribution in [0.2, 0.25) is 0 Å². The average Bonchev–Trinajstić information content (AvgIpc) is 2.71. The van der Waals surface area contributed by atoms with E-state index < -0.39 is 0 Å². The lowest BCUT2D eigenvalue weighted by molar-refractivity contribution is 0.931. The van der Waals surface area contributed by atoms with Gasteiger partial charge >= 0.3 is 0 Å². The Morgan fingerprint density at radius 1 is 1.44 bits per heavy atom. The van der Waals surface area contributed by atoms with Gasteiger partial charge < -0.3 is 0 Å². The van der Waals surface area contributed by atoms with Crippen LogP contribution >= 0.6 is 23.1 Å². The van der Waals surface area contributed by atoms with Crippen molar-refractivity contribution in [2.24, 2.45) is 5.11 Å². The molecule has 0 radical (unpaired) electrons. The van der Waals surface area contributed by atoms with Crippen LogP contribution in [0, 0.1) is 0 Å². The van der Waals surface area contributed by atoms with E-state index in [1.807, 2.05) is 18.2 Å². The van der Waals surface area contributed by atoms with Gasteiger partial charge in [-0.25, -0.2) is 4.98 Å². The normalized spacial score (nSPS) is 10.2. The van der Waals surface area contributed by atoms with E-state index >= 15 is 0 Å². The summed E-state index contributed by atoms with van der Waals surface area (Å²) >= 11 is 3.43. The molecule has 0 saturated carbocycles. The van der Waals surface area contributed by atoms with Crippen LogP contribution in [-0.2, 0) is 0 Å². The fourth-order valence-corrected chi connectivity index (χ4v) is 3.32. The minimum absolute atomic E-state index is 0.564.